The Kier molecular flexibility index (Phi) is 7.05. The Morgan fingerprint density at radius 1 is 1.37 bits per heavy atom. The molecular formula is C14H22BrN3O. The molecule has 0 atom stereocenters. The van der Waals surface area contributed by atoms with Crippen LogP contribution in [0, 0.1) is 6.92 Å². The van der Waals surface area contributed by atoms with Crippen LogP contribution >= 0.6 is 15.9 Å². The van der Waals surface area contributed by atoms with Gasteiger partial charge in [0.15, 0.2) is 0 Å². The van der Waals surface area contributed by atoms with Gasteiger partial charge < -0.3 is 15.5 Å². The van der Waals surface area contributed by atoms with Gasteiger partial charge in [-0.05, 0) is 64.3 Å². The predicted octanol–water partition coefficient (Wildman–Crippen LogP) is 2.24. The average Bonchev–Trinajstić information content (AvgIpc) is 2.32. The first kappa shape index (κ1) is 16.1. The number of carbonyl (C=O) groups excluding carboxylic acids is 1. The number of hydrogen-bond donors (Lipinski definition) is 2. The largest absolute Gasteiger partial charge is 0.325 e. The Balaban J connectivity index is 2.27. The molecule has 4 nitrogen and oxygen atoms in total. The quantitative estimate of drug-likeness (QED) is 0.755. The number of rotatable bonds is 7. The Labute approximate surface area is 123 Å². The number of benzene rings is 1. The van der Waals surface area contributed by atoms with Gasteiger partial charge in [-0.25, -0.2) is 0 Å². The molecule has 0 saturated heterocycles. The van der Waals surface area contributed by atoms with Crippen LogP contribution in [0.4, 0.5) is 5.69 Å². The van der Waals surface area contributed by atoms with Crippen molar-refractivity contribution in [3.05, 3.63) is 28.2 Å². The zero-order valence-electron chi connectivity index (χ0n) is 11.8. The van der Waals surface area contributed by atoms with Crippen molar-refractivity contribution in [1.82, 2.24) is 10.2 Å². The number of halogens is 1. The summed E-state index contributed by atoms with van der Waals surface area (Å²) in [6, 6.07) is 5.82. The van der Waals surface area contributed by atoms with E-state index in [-0.39, 0.29) is 5.91 Å². The highest BCUT2D eigenvalue weighted by Gasteiger charge is 2.04. The number of nitrogens with one attached hydrogen (secondary N) is 2. The topological polar surface area (TPSA) is 44.4 Å². The summed E-state index contributed by atoms with van der Waals surface area (Å²) in [5, 5.41) is 6.05. The van der Waals surface area contributed by atoms with Crippen LogP contribution < -0.4 is 10.6 Å². The van der Waals surface area contributed by atoms with Gasteiger partial charge >= 0.3 is 0 Å². The van der Waals surface area contributed by atoms with Crippen LogP contribution in [-0.4, -0.2) is 44.5 Å². The normalized spacial score (nSPS) is 10.8. The second kappa shape index (κ2) is 8.30. The molecule has 106 valence electrons. The molecular weight excluding hydrogens is 306 g/mol. The van der Waals surface area contributed by atoms with Crippen LogP contribution in [0.1, 0.15) is 12.0 Å². The molecule has 0 aliphatic rings. The first-order chi connectivity index (χ1) is 8.99. The fraction of sp³-hybridized carbons (Fsp3) is 0.500. The zero-order chi connectivity index (χ0) is 14.3. The lowest BCUT2D eigenvalue weighted by molar-refractivity contribution is -0.115. The zero-order valence-corrected chi connectivity index (χ0v) is 13.4. The Morgan fingerprint density at radius 3 is 2.74 bits per heavy atom. The number of amides is 1. The highest BCUT2D eigenvalue weighted by Crippen LogP contribution is 2.19. The highest BCUT2D eigenvalue weighted by atomic mass is 79.9. The van der Waals surface area contributed by atoms with Crippen LogP contribution in [0.25, 0.3) is 0 Å². The van der Waals surface area contributed by atoms with E-state index in [1.54, 1.807) is 0 Å². The second-order valence-corrected chi connectivity index (χ2v) is 5.76. The van der Waals surface area contributed by atoms with Gasteiger partial charge in [-0.1, -0.05) is 15.9 Å². The summed E-state index contributed by atoms with van der Waals surface area (Å²) in [6.45, 7) is 4.21. The first-order valence-electron chi connectivity index (χ1n) is 6.40. The molecule has 0 fully saturated rings. The maximum absolute atomic E-state index is 11.8. The third-order valence-electron chi connectivity index (χ3n) is 2.71. The molecule has 0 heterocycles. The summed E-state index contributed by atoms with van der Waals surface area (Å²) >= 11 is 3.40. The lowest BCUT2D eigenvalue weighted by atomic mass is 10.2. The minimum atomic E-state index is -0.00437. The number of nitrogens with zero attached hydrogens (tertiary/aromatic N) is 1. The van der Waals surface area contributed by atoms with Gasteiger partial charge in [-0.15, -0.1) is 0 Å². The smallest absolute Gasteiger partial charge is 0.238 e. The summed E-state index contributed by atoms with van der Waals surface area (Å²) in [5.41, 5.74) is 1.92. The van der Waals surface area contributed by atoms with Crippen molar-refractivity contribution in [2.75, 3.05) is 39.0 Å². The molecule has 0 saturated carbocycles. The third kappa shape index (κ3) is 6.71. The van der Waals surface area contributed by atoms with E-state index in [0.717, 1.165) is 35.2 Å². The number of aryl methyl sites for hydroxylation is 1. The van der Waals surface area contributed by atoms with Crippen LogP contribution in [-0.2, 0) is 4.79 Å². The van der Waals surface area contributed by atoms with E-state index in [4.69, 9.17) is 0 Å². The predicted molar refractivity (Wildman–Crippen MR) is 83.5 cm³/mol. The van der Waals surface area contributed by atoms with E-state index < -0.39 is 0 Å². The summed E-state index contributed by atoms with van der Waals surface area (Å²) in [4.78, 5) is 13.9. The highest BCUT2D eigenvalue weighted by molar-refractivity contribution is 9.10. The van der Waals surface area contributed by atoms with Crippen LogP contribution in [0.5, 0.6) is 0 Å². The van der Waals surface area contributed by atoms with Crippen molar-refractivity contribution in [1.29, 1.82) is 0 Å². The number of hydrogen-bond acceptors (Lipinski definition) is 3. The fourth-order valence-corrected chi connectivity index (χ4v) is 2.16. The van der Waals surface area contributed by atoms with Gasteiger partial charge in [0.1, 0.15) is 0 Å². The van der Waals surface area contributed by atoms with E-state index in [9.17, 15) is 4.79 Å². The lowest BCUT2D eigenvalue weighted by Crippen LogP contribution is -2.30. The maximum atomic E-state index is 11.8. The Morgan fingerprint density at radius 2 is 2.11 bits per heavy atom. The van der Waals surface area contributed by atoms with E-state index in [1.165, 1.54) is 0 Å². The van der Waals surface area contributed by atoms with Gasteiger partial charge in [0.2, 0.25) is 5.91 Å². The SMILES string of the molecule is Cc1cc(Br)ccc1NC(=O)CNCCCN(C)C. The van der Waals surface area contributed by atoms with Crippen LogP contribution in [0.2, 0.25) is 0 Å². The monoisotopic (exact) mass is 327 g/mol. The molecule has 1 aromatic carbocycles. The molecule has 1 aromatic rings. The summed E-state index contributed by atoms with van der Waals surface area (Å²) in [6.07, 6.45) is 1.04. The van der Waals surface area contributed by atoms with Gasteiger partial charge in [-0.2, -0.15) is 0 Å². The molecule has 0 aliphatic carbocycles. The molecule has 0 spiro atoms. The molecule has 0 radical (unpaired) electrons. The van der Waals surface area contributed by atoms with Gasteiger partial charge in [0.05, 0.1) is 6.54 Å². The van der Waals surface area contributed by atoms with Crippen molar-refractivity contribution >= 4 is 27.5 Å². The van der Waals surface area contributed by atoms with Crippen molar-refractivity contribution in [3.63, 3.8) is 0 Å². The van der Waals surface area contributed by atoms with Crippen LogP contribution in [0.3, 0.4) is 0 Å². The molecule has 0 bridgehead atoms. The van der Waals surface area contributed by atoms with Gasteiger partial charge in [0, 0.05) is 10.2 Å². The Hall–Kier alpha value is -0.910. The fourth-order valence-electron chi connectivity index (χ4n) is 1.68. The molecule has 0 unspecified atom stereocenters. The maximum Gasteiger partial charge on any atom is 0.238 e. The van der Waals surface area contributed by atoms with Crippen LogP contribution in [0.15, 0.2) is 22.7 Å². The number of anilines is 1. The van der Waals surface area contributed by atoms with Gasteiger partial charge in [-0.3, -0.25) is 4.79 Å². The minimum absolute atomic E-state index is 0.00437. The van der Waals surface area contributed by atoms with Crippen molar-refractivity contribution < 1.29 is 4.79 Å². The van der Waals surface area contributed by atoms with Crippen molar-refractivity contribution in [2.45, 2.75) is 13.3 Å². The van der Waals surface area contributed by atoms with Gasteiger partial charge in [0.25, 0.3) is 0 Å². The summed E-state index contributed by atoms with van der Waals surface area (Å²) < 4.78 is 1.02. The third-order valence-corrected chi connectivity index (χ3v) is 3.20. The average molecular weight is 328 g/mol. The molecule has 0 aliphatic heterocycles. The van der Waals surface area contributed by atoms with Crippen molar-refractivity contribution in [3.8, 4) is 0 Å². The number of carbonyl (C=O) groups is 1. The first-order valence-corrected chi connectivity index (χ1v) is 7.20. The Bertz CT molecular complexity index is 421. The van der Waals surface area contributed by atoms with E-state index in [2.05, 4.69) is 31.5 Å². The van der Waals surface area contributed by atoms with E-state index in [1.807, 2.05) is 39.2 Å². The molecule has 0 aromatic heterocycles. The molecule has 5 heteroatoms. The van der Waals surface area contributed by atoms with E-state index >= 15 is 0 Å². The molecule has 1 rings (SSSR count). The van der Waals surface area contributed by atoms with Crippen molar-refractivity contribution in [2.24, 2.45) is 0 Å². The standard InChI is InChI=1S/C14H22BrN3O/c1-11-9-12(15)5-6-13(11)17-14(19)10-16-7-4-8-18(2)3/h5-6,9,16H,4,7-8,10H2,1-3H3,(H,17,19). The summed E-state index contributed by atoms with van der Waals surface area (Å²) in [5.74, 6) is -0.00437. The molecule has 1 amide bonds. The minimum Gasteiger partial charge on any atom is -0.325 e. The molecule has 2 N–H and O–H groups in total. The second-order valence-electron chi connectivity index (χ2n) is 4.84. The van der Waals surface area contributed by atoms with E-state index in [0.29, 0.717) is 6.54 Å². The lowest BCUT2D eigenvalue weighted by Gasteiger charge is -2.11. The summed E-state index contributed by atoms with van der Waals surface area (Å²) in [7, 11) is 4.09. The molecule has 19 heavy (non-hydrogen) atoms.